The summed E-state index contributed by atoms with van der Waals surface area (Å²) >= 11 is 1.32. The molecule has 1 aliphatic rings. The quantitative estimate of drug-likeness (QED) is 0.822. The highest BCUT2D eigenvalue weighted by Gasteiger charge is 2.29. The van der Waals surface area contributed by atoms with E-state index in [0.717, 1.165) is 24.1 Å². The van der Waals surface area contributed by atoms with Gasteiger partial charge in [0.15, 0.2) is 0 Å². The lowest BCUT2D eigenvalue weighted by atomic mass is 10.2. The summed E-state index contributed by atoms with van der Waals surface area (Å²) in [6.45, 7) is 2.35. The number of nitrogens with two attached hydrogens (primary N) is 1. The first-order valence-electron chi connectivity index (χ1n) is 5.87. The SMILES string of the molecule is CCc1ccc(S(=O)(=O)NCC(N)C2CC2)s1. The van der Waals surface area contributed by atoms with Crippen molar-refractivity contribution >= 4 is 21.4 Å². The molecule has 1 aromatic rings. The maximum Gasteiger partial charge on any atom is 0.250 e. The van der Waals surface area contributed by atoms with Gasteiger partial charge in [0.25, 0.3) is 0 Å². The molecular formula is C11H18N2O2S2. The lowest BCUT2D eigenvalue weighted by molar-refractivity contribution is 0.549. The molecule has 1 aliphatic carbocycles. The molecule has 3 N–H and O–H groups in total. The molecule has 0 amide bonds. The first-order chi connectivity index (χ1) is 8.03. The zero-order valence-electron chi connectivity index (χ0n) is 9.85. The Morgan fingerprint density at radius 1 is 1.53 bits per heavy atom. The van der Waals surface area contributed by atoms with Crippen molar-refractivity contribution in [2.24, 2.45) is 11.7 Å². The number of thiophene rings is 1. The second-order valence-electron chi connectivity index (χ2n) is 4.43. The van der Waals surface area contributed by atoms with Crippen molar-refractivity contribution in [1.29, 1.82) is 0 Å². The van der Waals surface area contributed by atoms with Gasteiger partial charge in [-0.15, -0.1) is 11.3 Å². The Bertz CT molecular complexity index is 477. The first-order valence-corrected chi connectivity index (χ1v) is 8.17. The number of hydrogen-bond donors (Lipinski definition) is 2. The van der Waals surface area contributed by atoms with Crippen molar-refractivity contribution in [2.45, 2.75) is 36.4 Å². The summed E-state index contributed by atoms with van der Waals surface area (Å²) in [5.74, 6) is 0.507. The van der Waals surface area contributed by atoms with Crippen molar-refractivity contribution < 1.29 is 8.42 Å². The van der Waals surface area contributed by atoms with Crippen molar-refractivity contribution in [3.8, 4) is 0 Å². The molecule has 17 heavy (non-hydrogen) atoms. The molecule has 0 spiro atoms. The predicted octanol–water partition coefficient (Wildman–Crippen LogP) is 1.33. The highest BCUT2D eigenvalue weighted by molar-refractivity contribution is 7.91. The maximum absolute atomic E-state index is 12.0. The van der Waals surface area contributed by atoms with Gasteiger partial charge in [-0.1, -0.05) is 6.92 Å². The number of sulfonamides is 1. The van der Waals surface area contributed by atoms with Crippen LogP contribution in [0.25, 0.3) is 0 Å². The minimum Gasteiger partial charge on any atom is -0.326 e. The smallest absolute Gasteiger partial charge is 0.250 e. The molecule has 2 rings (SSSR count). The molecule has 4 nitrogen and oxygen atoms in total. The Morgan fingerprint density at radius 3 is 2.76 bits per heavy atom. The highest BCUT2D eigenvalue weighted by Crippen LogP contribution is 2.31. The van der Waals surface area contributed by atoms with Crippen LogP contribution in [0.4, 0.5) is 0 Å². The fourth-order valence-corrected chi connectivity index (χ4v) is 4.07. The van der Waals surface area contributed by atoms with E-state index in [1.54, 1.807) is 6.07 Å². The molecule has 1 atom stereocenters. The van der Waals surface area contributed by atoms with Crippen LogP contribution in [0.5, 0.6) is 0 Å². The lowest BCUT2D eigenvalue weighted by Gasteiger charge is -2.10. The molecule has 0 bridgehead atoms. The third kappa shape index (κ3) is 3.28. The second kappa shape index (κ2) is 5.06. The molecular weight excluding hydrogens is 256 g/mol. The van der Waals surface area contributed by atoms with E-state index in [1.807, 2.05) is 13.0 Å². The van der Waals surface area contributed by atoms with Gasteiger partial charge in [-0.05, 0) is 37.3 Å². The topological polar surface area (TPSA) is 72.2 Å². The summed E-state index contributed by atoms with van der Waals surface area (Å²) < 4.78 is 26.9. The van der Waals surface area contributed by atoms with Crippen molar-refractivity contribution in [2.75, 3.05) is 6.54 Å². The van der Waals surface area contributed by atoms with Crippen molar-refractivity contribution in [3.05, 3.63) is 17.0 Å². The van der Waals surface area contributed by atoms with Crippen LogP contribution in [0.3, 0.4) is 0 Å². The zero-order valence-corrected chi connectivity index (χ0v) is 11.5. The molecule has 1 fully saturated rings. The third-order valence-electron chi connectivity index (χ3n) is 2.99. The van der Waals surface area contributed by atoms with Gasteiger partial charge in [0.1, 0.15) is 4.21 Å². The van der Waals surface area contributed by atoms with Gasteiger partial charge in [-0.2, -0.15) is 0 Å². The first kappa shape index (κ1) is 13.0. The van der Waals surface area contributed by atoms with Gasteiger partial charge in [0.05, 0.1) is 0 Å². The molecule has 0 aliphatic heterocycles. The molecule has 0 saturated heterocycles. The molecule has 1 unspecified atom stereocenters. The Morgan fingerprint density at radius 2 is 2.24 bits per heavy atom. The van der Waals surface area contributed by atoms with Gasteiger partial charge < -0.3 is 5.73 Å². The van der Waals surface area contributed by atoms with Crippen LogP contribution in [-0.4, -0.2) is 21.0 Å². The highest BCUT2D eigenvalue weighted by atomic mass is 32.2. The number of aryl methyl sites for hydroxylation is 1. The monoisotopic (exact) mass is 274 g/mol. The summed E-state index contributed by atoms with van der Waals surface area (Å²) in [4.78, 5) is 1.08. The fourth-order valence-electron chi connectivity index (χ4n) is 1.66. The summed E-state index contributed by atoms with van der Waals surface area (Å²) in [6, 6.07) is 3.48. The maximum atomic E-state index is 12.0. The van der Waals surface area contributed by atoms with E-state index in [9.17, 15) is 8.42 Å². The largest absolute Gasteiger partial charge is 0.326 e. The Balaban J connectivity index is 1.97. The lowest BCUT2D eigenvalue weighted by Crippen LogP contribution is -2.38. The molecule has 96 valence electrons. The van der Waals surface area contributed by atoms with E-state index < -0.39 is 10.0 Å². The van der Waals surface area contributed by atoms with E-state index in [2.05, 4.69) is 4.72 Å². The number of hydrogen-bond acceptors (Lipinski definition) is 4. The average molecular weight is 274 g/mol. The minimum absolute atomic E-state index is 0.0459. The number of rotatable bonds is 6. The van der Waals surface area contributed by atoms with Crippen molar-refractivity contribution in [3.63, 3.8) is 0 Å². The number of nitrogens with one attached hydrogen (secondary N) is 1. The van der Waals surface area contributed by atoms with Gasteiger partial charge in [-0.3, -0.25) is 0 Å². The van der Waals surface area contributed by atoms with Crippen LogP contribution < -0.4 is 10.5 Å². The molecule has 0 aromatic carbocycles. The Hall–Kier alpha value is -0.430. The van der Waals surface area contributed by atoms with E-state index in [4.69, 9.17) is 5.73 Å². The predicted molar refractivity (Wildman–Crippen MR) is 69.6 cm³/mol. The molecule has 1 heterocycles. The van der Waals surface area contributed by atoms with Crippen LogP contribution in [0.2, 0.25) is 0 Å². The van der Waals surface area contributed by atoms with E-state index in [-0.39, 0.29) is 6.04 Å². The minimum atomic E-state index is -3.36. The van der Waals surface area contributed by atoms with Gasteiger partial charge in [0.2, 0.25) is 10.0 Å². The molecule has 0 radical (unpaired) electrons. The van der Waals surface area contributed by atoms with Crippen molar-refractivity contribution in [1.82, 2.24) is 4.72 Å². The van der Waals surface area contributed by atoms with Gasteiger partial charge >= 0.3 is 0 Å². The van der Waals surface area contributed by atoms with Crippen LogP contribution >= 0.6 is 11.3 Å². The van der Waals surface area contributed by atoms with Gasteiger partial charge in [0, 0.05) is 17.5 Å². The Labute approximate surface area is 106 Å². The molecule has 6 heteroatoms. The second-order valence-corrected chi connectivity index (χ2v) is 7.59. The van der Waals surface area contributed by atoms with E-state index in [0.29, 0.717) is 16.7 Å². The summed E-state index contributed by atoms with van der Waals surface area (Å²) in [5.41, 5.74) is 5.87. The molecule has 1 saturated carbocycles. The van der Waals surface area contributed by atoms with E-state index in [1.165, 1.54) is 11.3 Å². The fraction of sp³-hybridized carbons (Fsp3) is 0.636. The standard InChI is InChI=1S/C11H18N2O2S2/c1-2-9-5-6-11(16-9)17(14,15)13-7-10(12)8-3-4-8/h5-6,8,10,13H,2-4,7,12H2,1H3. The van der Waals surface area contributed by atoms with E-state index >= 15 is 0 Å². The summed E-state index contributed by atoms with van der Waals surface area (Å²) in [7, 11) is -3.36. The van der Waals surface area contributed by atoms with Crippen LogP contribution in [0.1, 0.15) is 24.6 Å². The van der Waals surface area contributed by atoms with Crippen LogP contribution in [0.15, 0.2) is 16.3 Å². The van der Waals surface area contributed by atoms with Gasteiger partial charge in [-0.25, -0.2) is 13.1 Å². The molecule has 1 aromatic heterocycles. The van der Waals surface area contributed by atoms with Crippen LogP contribution in [0, 0.1) is 5.92 Å². The zero-order chi connectivity index (χ0) is 12.5. The summed E-state index contributed by atoms with van der Waals surface area (Å²) in [5, 5.41) is 0. The van der Waals surface area contributed by atoms with Crippen LogP contribution in [-0.2, 0) is 16.4 Å². The average Bonchev–Trinajstić information content (AvgIpc) is 3.03. The summed E-state index contributed by atoms with van der Waals surface area (Å²) in [6.07, 6.45) is 3.12. The third-order valence-corrected chi connectivity index (χ3v) is 6.13. The Kier molecular flexibility index (Phi) is 3.87. The normalized spacial score (nSPS) is 18.2.